The number of carbonyl (C=O) groups excluding carboxylic acids is 1. The molecule has 1 aromatic rings. The summed E-state index contributed by atoms with van der Waals surface area (Å²) >= 11 is 3.41. The number of rotatable bonds is 1. The van der Waals surface area contributed by atoms with Crippen molar-refractivity contribution in [2.45, 2.75) is 18.5 Å². The van der Waals surface area contributed by atoms with E-state index in [9.17, 15) is 4.79 Å². The molecule has 0 aromatic heterocycles. The van der Waals surface area contributed by atoms with Crippen molar-refractivity contribution >= 4 is 22.0 Å². The van der Waals surface area contributed by atoms with Crippen molar-refractivity contribution in [1.82, 2.24) is 4.90 Å². The summed E-state index contributed by atoms with van der Waals surface area (Å²) in [6.45, 7) is 1.64. The number of fused-ring (bicyclic) bond motifs is 1. The lowest BCUT2D eigenvalue weighted by molar-refractivity contribution is -0.0718. The molecule has 2 fully saturated rings. The van der Waals surface area contributed by atoms with Crippen LogP contribution in [0.2, 0.25) is 0 Å². The van der Waals surface area contributed by atoms with Crippen LogP contribution in [-0.2, 0) is 9.47 Å². The van der Waals surface area contributed by atoms with E-state index in [1.807, 2.05) is 29.2 Å². The molecular weight excluding hydrogens is 298 g/mol. The summed E-state index contributed by atoms with van der Waals surface area (Å²) in [4.78, 5) is 13.7. The van der Waals surface area contributed by atoms with Crippen molar-refractivity contribution in [3.05, 3.63) is 34.3 Å². The van der Waals surface area contributed by atoms with Gasteiger partial charge in [-0.25, -0.2) is 4.79 Å². The lowest BCUT2D eigenvalue weighted by atomic mass is 10.0. The molecule has 96 valence electrons. The Labute approximate surface area is 114 Å². The van der Waals surface area contributed by atoms with E-state index in [1.165, 1.54) is 0 Å². The fraction of sp³-hybridized carbons (Fsp3) is 0.462. The Hall–Kier alpha value is -1.07. The Morgan fingerprint density at radius 2 is 2.00 bits per heavy atom. The second kappa shape index (κ2) is 4.90. The Balaban J connectivity index is 1.89. The van der Waals surface area contributed by atoms with Crippen molar-refractivity contribution in [1.29, 1.82) is 0 Å². The van der Waals surface area contributed by atoms with Gasteiger partial charge in [-0.1, -0.05) is 28.1 Å². The molecule has 2 heterocycles. The maximum absolute atomic E-state index is 11.9. The summed E-state index contributed by atoms with van der Waals surface area (Å²) in [6.07, 6.45) is 0.626. The number of amides is 1. The molecule has 5 heteroatoms. The quantitative estimate of drug-likeness (QED) is 0.800. The van der Waals surface area contributed by atoms with Crippen LogP contribution in [0, 0.1) is 0 Å². The highest BCUT2D eigenvalue weighted by atomic mass is 79.9. The summed E-state index contributed by atoms with van der Waals surface area (Å²) in [5, 5.41) is 0. The van der Waals surface area contributed by atoms with Crippen LogP contribution in [0.5, 0.6) is 0 Å². The summed E-state index contributed by atoms with van der Waals surface area (Å²) in [6, 6.07) is 8.10. The van der Waals surface area contributed by atoms with Crippen LogP contribution in [0.1, 0.15) is 18.0 Å². The number of cyclic esters (lactones) is 1. The van der Waals surface area contributed by atoms with Gasteiger partial charge in [-0.05, 0) is 17.7 Å². The standard InChI is InChI=1S/C13H14BrNO3/c14-10-3-1-9(2-4-10)12-8-17-7-11-5-6-18-13(16)15(11)12/h1-4,11-12H,5-8H2. The zero-order valence-electron chi connectivity index (χ0n) is 9.84. The summed E-state index contributed by atoms with van der Waals surface area (Å²) in [7, 11) is 0. The van der Waals surface area contributed by atoms with Crippen LogP contribution in [0.15, 0.2) is 28.7 Å². The number of ether oxygens (including phenoxy) is 2. The second-order valence-corrected chi connectivity index (χ2v) is 5.48. The van der Waals surface area contributed by atoms with Crippen LogP contribution in [0.25, 0.3) is 0 Å². The van der Waals surface area contributed by atoms with E-state index in [4.69, 9.17) is 9.47 Å². The van der Waals surface area contributed by atoms with Gasteiger partial charge in [0.15, 0.2) is 0 Å². The van der Waals surface area contributed by atoms with E-state index in [2.05, 4.69) is 15.9 Å². The van der Waals surface area contributed by atoms with Gasteiger partial charge in [0.05, 0.1) is 31.9 Å². The molecule has 2 aliphatic heterocycles. The highest BCUT2D eigenvalue weighted by Crippen LogP contribution is 2.32. The lowest BCUT2D eigenvalue weighted by Gasteiger charge is -2.43. The maximum atomic E-state index is 11.9. The topological polar surface area (TPSA) is 38.8 Å². The zero-order valence-corrected chi connectivity index (χ0v) is 11.4. The average molecular weight is 312 g/mol. The molecule has 18 heavy (non-hydrogen) atoms. The summed E-state index contributed by atoms with van der Waals surface area (Å²) < 4.78 is 11.8. The number of hydrogen-bond acceptors (Lipinski definition) is 3. The van der Waals surface area contributed by atoms with Gasteiger partial charge in [-0.2, -0.15) is 0 Å². The van der Waals surface area contributed by atoms with E-state index < -0.39 is 0 Å². The van der Waals surface area contributed by atoms with Gasteiger partial charge in [-0.3, -0.25) is 4.90 Å². The Morgan fingerprint density at radius 1 is 1.22 bits per heavy atom. The predicted molar refractivity (Wildman–Crippen MR) is 69.3 cm³/mol. The van der Waals surface area contributed by atoms with Gasteiger partial charge in [0, 0.05) is 10.9 Å². The van der Waals surface area contributed by atoms with Gasteiger partial charge in [0.1, 0.15) is 0 Å². The monoisotopic (exact) mass is 311 g/mol. The molecule has 2 atom stereocenters. The molecule has 0 aliphatic carbocycles. The first kappa shape index (κ1) is 12.0. The molecule has 3 rings (SSSR count). The third-order valence-electron chi connectivity index (χ3n) is 3.46. The van der Waals surface area contributed by atoms with E-state index in [-0.39, 0.29) is 18.2 Å². The fourth-order valence-electron chi connectivity index (χ4n) is 2.53. The molecule has 0 saturated carbocycles. The van der Waals surface area contributed by atoms with Gasteiger partial charge in [0.25, 0.3) is 0 Å². The maximum Gasteiger partial charge on any atom is 0.410 e. The summed E-state index contributed by atoms with van der Waals surface area (Å²) in [5.74, 6) is 0. The van der Waals surface area contributed by atoms with Crippen molar-refractivity contribution in [2.75, 3.05) is 19.8 Å². The number of nitrogens with zero attached hydrogens (tertiary/aromatic N) is 1. The highest BCUT2D eigenvalue weighted by Gasteiger charge is 2.39. The van der Waals surface area contributed by atoms with Crippen molar-refractivity contribution < 1.29 is 14.3 Å². The van der Waals surface area contributed by atoms with Crippen molar-refractivity contribution in [2.24, 2.45) is 0 Å². The Morgan fingerprint density at radius 3 is 2.78 bits per heavy atom. The normalized spacial score (nSPS) is 27.6. The first-order chi connectivity index (χ1) is 8.75. The van der Waals surface area contributed by atoms with E-state index in [0.717, 1.165) is 16.5 Å². The fourth-order valence-corrected chi connectivity index (χ4v) is 2.79. The number of morpholine rings is 1. The van der Waals surface area contributed by atoms with E-state index >= 15 is 0 Å². The predicted octanol–water partition coefficient (Wildman–Crippen LogP) is 2.73. The highest BCUT2D eigenvalue weighted by molar-refractivity contribution is 9.10. The van der Waals surface area contributed by atoms with Gasteiger partial charge >= 0.3 is 6.09 Å². The lowest BCUT2D eigenvalue weighted by Crippen LogP contribution is -2.53. The third kappa shape index (κ3) is 2.12. The number of hydrogen-bond donors (Lipinski definition) is 0. The van der Waals surface area contributed by atoms with Crippen LogP contribution in [0.3, 0.4) is 0 Å². The largest absolute Gasteiger partial charge is 0.449 e. The molecule has 0 radical (unpaired) electrons. The van der Waals surface area contributed by atoms with Gasteiger partial charge < -0.3 is 9.47 Å². The SMILES string of the molecule is O=C1OCCC2COCC(c3ccc(Br)cc3)N12. The zero-order chi connectivity index (χ0) is 12.5. The van der Waals surface area contributed by atoms with Crippen molar-refractivity contribution in [3.63, 3.8) is 0 Å². The number of halogens is 1. The Bertz CT molecular complexity index is 446. The molecule has 2 aliphatic rings. The van der Waals surface area contributed by atoms with Crippen LogP contribution in [0.4, 0.5) is 4.79 Å². The molecule has 2 unspecified atom stereocenters. The number of benzene rings is 1. The number of carbonyl (C=O) groups is 1. The van der Waals surface area contributed by atoms with Crippen LogP contribution < -0.4 is 0 Å². The van der Waals surface area contributed by atoms with Crippen LogP contribution in [-0.4, -0.2) is 36.9 Å². The summed E-state index contributed by atoms with van der Waals surface area (Å²) in [5.41, 5.74) is 1.08. The Kier molecular flexibility index (Phi) is 3.26. The molecule has 1 amide bonds. The molecule has 0 N–H and O–H groups in total. The van der Waals surface area contributed by atoms with Gasteiger partial charge in [0.2, 0.25) is 0 Å². The molecule has 2 saturated heterocycles. The van der Waals surface area contributed by atoms with Crippen molar-refractivity contribution in [3.8, 4) is 0 Å². The van der Waals surface area contributed by atoms with E-state index in [1.54, 1.807) is 0 Å². The van der Waals surface area contributed by atoms with E-state index in [0.29, 0.717) is 19.8 Å². The molecule has 0 bridgehead atoms. The molecular formula is C13H14BrNO3. The molecule has 0 spiro atoms. The minimum absolute atomic E-state index is 0.0374. The first-order valence-corrected chi connectivity index (χ1v) is 6.83. The molecule has 1 aromatic carbocycles. The average Bonchev–Trinajstić information content (AvgIpc) is 2.39. The van der Waals surface area contributed by atoms with Gasteiger partial charge in [-0.15, -0.1) is 0 Å². The smallest absolute Gasteiger partial charge is 0.410 e. The minimum Gasteiger partial charge on any atom is -0.449 e. The minimum atomic E-state index is -0.220. The first-order valence-electron chi connectivity index (χ1n) is 6.04. The third-order valence-corrected chi connectivity index (χ3v) is 3.99. The van der Waals surface area contributed by atoms with Crippen LogP contribution >= 0.6 is 15.9 Å². The second-order valence-electron chi connectivity index (χ2n) is 4.57. The molecule has 4 nitrogen and oxygen atoms in total.